The molecule has 0 radical (unpaired) electrons. The highest BCUT2D eigenvalue weighted by Gasteiger charge is 2.29. The smallest absolute Gasteiger partial charge is 0.308 e. The molecule has 2 aliphatic rings. The van der Waals surface area contributed by atoms with Crippen LogP contribution in [0.2, 0.25) is 0 Å². The summed E-state index contributed by atoms with van der Waals surface area (Å²) < 4.78 is 0. The molecular formula is C17H21N3O2S. The maximum atomic E-state index is 11.4. The highest BCUT2D eigenvalue weighted by molar-refractivity contribution is 7.19. The molecule has 0 spiro atoms. The molecule has 6 heteroatoms. The lowest BCUT2D eigenvalue weighted by Crippen LogP contribution is -2.39. The SMILES string of the molecule is Cc1nc(N2CCC[C@@H](C(=O)O)C2)c2c3c(sc2n1)CCCC3. The van der Waals surface area contributed by atoms with Crippen LogP contribution in [0.4, 0.5) is 5.82 Å². The van der Waals surface area contributed by atoms with Crippen molar-refractivity contribution >= 4 is 33.3 Å². The summed E-state index contributed by atoms with van der Waals surface area (Å²) in [6, 6.07) is 0. The number of thiophene rings is 1. The zero-order chi connectivity index (χ0) is 16.0. The van der Waals surface area contributed by atoms with Crippen molar-refractivity contribution in [1.29, 1.82) is 0 Å². The predicted octanol–water partition coefficient (Wildman–Crippen LogP) is 3.18. The lowest BCUT2D eigenvalue weighted by atomic mass is 9.95. The van der Waals surface area contributed by atoms with Crippen molar-refractivity contribution in [2.45, 2.75) is 45.4 Å². The topological polar surface area (TPSA) is 66.3 Å². The lowest BCUT2D eigenvalue weighted by molar-refractivity contribution is -0.141. The molecule has 0 bridgehead atoms. The lowest BCUT2D eigenvalue weighted by Gasteiger charge is -2.32. The highest BCUT2D eigenvalue weighted by atomic mass is 32.1. The largest absolute Gasteiger partial charge is 0.481 e. The van der Waals surface area contributed by atoms with Gasteiger partial charge in [-0.05, 0) is 51.0 Å². The number of nitrogens with zero attached hydrogens (tertiary/aromatic N) is 3. The fourth-order valence-electron chi connectivity index (χ4n) is 3.84. The Morgan fingerprint density at radius 1 is 1.26 bits per heavy atom. The van der Waals surface area contributed by atoms with E-state index in [1.165, 1.54) is 28.7 Å². The molecule has 1 aliphatic heterocycles. The molecule has 122 valence electrons. The van der Waals surface area contributed by atoms with Gasteiger partial charge in [-0.25, -0.2) is 9.97 Å². The Morgan fingerprint density at radius 3 is 2.91 bits per heavy atom. The molecule has 1 fully saturated rings. The van der Waals surface area contributed by atoms with E-state index in [1.54, 1.807) is 11.3 Å². The van der Waals surface area contributed by atoms with E-state index in [0.29, 0.717) is 6.54 Å². The van der Waals surface area contributed by atoms with E-state index in [4.69, 9.17) is 4.98 Å². The molecule has 0 aromatic carbocycles. The number of carbonyl (C=O) groups is 1. The molecule has 2 aromatic heterocycles. The van der Waals surface area contributed by atoms with E-state index in [2.05, 4.69) is 9.88 Å². The van der Waals surface area contributed by atoms with Gasteiger partial charge in [0.25, 0.3) is 0 Å². The average Bonchev–Trinajstić information content (AvgIpc) is 2.92. The number of anilines is 1. The van der Waals surface area contributed by atoms with Crippen molar-refractivity contribution in [2.75, 3.05) is 18.0 Å². The normalized spacial score (nSPS) is 21.4. The van der Waals surface area contributed by atoms with Gasteiger partial charge in [0, 0.05) is 18.0 Å². The minimum atomic E-state index is -0.691. The molecule has 0 saturated carbocycles. The summed E-state index contributed by atoms with van der Waals surface area (Å²) in [6.07, 6.45) is 6.41. The Labute approximate surface area is 139 Å². The molecule has 1 atom stereocenters. The Hall–Kier alpha value is -1.69. The van der Waals surface area contributed by atoms with Crippen LogP contribution in [-0.2, 0) is 17.6 Å². The molecule has 23 heavy (non-hydrogen) atoms. The first kappa shape index (κ1) is 14.9. The molecular weight excluding hydrogens is 310 g/mol. The minimum Gasteiger partial charge on any atom is -0.481 e. The van der Waals surface area contributed by atoms with Crippen molar-refractivity contribution in [3.63, 3.8) is 0 Å². The molecule has 0 unspecified atom stereocenters. The molecule has 1 aliphatic carbocycles. The van der Waals surface area contributed by atoms with E-state index in [0.717, 1.165) is 48.7 Å². The van der Waals surface area contributed by atoms with Crippen LogP contribution in [0.1, 0.15) is 41.9 Å². The first-order valence-corrected chi connectivity index (χ1v) is 9.22. The van der Waals surface area contributed by atoms with Gasteiger partial charge in [-0.2, -0.15) is 0 Å². The van der Waals surface area contributed by atoms with Crippen molar-refractivity contribution in [2.24, 2.45) is 5.92 Å². The molecule has 2 aromatic rings. The zero-order valence-electron chi connectivity index (χ0n) is 13.3. The first-order chi connectivity index (χ1) is 11.1. The molecule has 3 heterocycles. The Morgan fingerprint density at radius 2 is 2.09 bits per heavy atom. The Balaban J connectivity index is 1.82. The summed E-state index contributed by atoms with van der Waals surface area (Å²) in [5, 5.41) is 10.6. The van der Waals surface area contributed by atoms with E-state index >= 15 is 0 Å². The maximum Gasteiger partial charge on any atom is 0.308 e. The summed E-state index contributed by atoms with van der Waals surface area (Å²) >= 11 is 1.81. The fourth-order valence-corrected chi connectivity index (χ4v) is 5.14. The van der Waals surface area contributed by atoms with Crippen molar-refractivity contribution < 1.29 is 9.90 Å². The number of rotatable bonds is 2. The number of aryl methyl sites for hydroxylation is 3. The Kier molecular flexibility index (Phi) is 3.71. The molecule has 1 N–H and O–H groups in total. The van der Waals surface area contributed by atoms with Crippen LogP contribution in [0.3, 0.4) is 0 Å². The van der Waals surface area contributed by atoms with Crippen LogP contribution in [0.5, 0.6) is 0 Å². The number of hydrogen-bond acceptors (Lipinski definition) is 5. The van der Waals surface area contributed by atoms with E-state index in [-0.39, 0.29) is 5.92 Å². The molecule has 1 saturated heterocycles. The van der Waals surface area contributed by atoms with Gasteiger partial charge in [-0.3, -0.25) is 4.79 Å². The molecule has 4 rings (SSSR count). The number of carboxylic acid groups (broad SMARTS) is 1. The molecule has 5 nitrogen and oxygen atoms in total. The summed E-state index contributed by atoms with van der Waals surface area (Å²) in [6.45, 7) is 3.38. The number of aliphatic carboxylic acids is 1. The van der Waals surface area contributed by atoms with Crippen molar-refractivity contribution in [1.82, 2.24) is 9.97 Å². The van der Waals surface area contributed by atoms with Gasteiger partial charge < -0.3 is 10.0 Å². The second-order valence-electron chi connectivity index (χ2n) is 6.61. The van der Waals surface area contributed by atoms with Crippen LogP contribution >= 0.6 is 11.3 Å². The van der Waals surface area contributed by atoms with Crippen LogP contribution in [0.15, 0.2) is 0 Å². The number of carboxylic acids is 1. The number of aromatic nitrogens is 2. The zero-order valence-corrected chi connectivity index (χ0v) is 14.2. The van der Waals surface area contributed by atoms with E-state index in [9.17, 15) is 9.90 Å². The standard InChI is InChI=1S/C17H21N3O2S/c1-10-18-15(20-8-4-5-11(9-20)17(21)22)14-12-6-2-3-7-13(12)23-16(14)19-10/h11H,2-9H2,1H3,(H,21,22)/t11-/m1/s1. The van der Waals surface area contributed by atoms with Crippen LogP contribution < -0.4 is 4.90 Å². The third-order valence-corrected chi connectivity index (χ3v) is 6.16. The van der Waals surface area contributed by atoms with E-state index in [1.807, 2.05) is 6.92 Å². The third kappa shape index (κ3) is 2.59. The van der Waals surface area contributed by atoms with Gasteiger partial charge in [0.1, 0.15) is 16.5 Å². The van der Waals surface area contributed by atoms with Gasteiger partial charge in [-0.15, -0.1) is 11.3 Å². The predicted molar refractivity (Wildman–Crippen MR) is 91.4 cm³/mol. The monoisotopic (exact) mass is 331 g/mol. The van der Waals surface area contributed by atoms with Crippen molar-refractivity contribution in [3.05, 3.63) is 16.3 Å². The van der Waals surface area contributed by atoms with Gasteiger partial charge in [0.05, 0.1) is 11.3 Å². The van der Waals surface area contributed by atoms with Crippen LogP contribution in [-0.4, -0.2) is 34.1 Å². The van der Waals surface area contributed by atoms with Crippen LogP contribution in [0, 0.1) is 12.8 Å². The number of piperidine rings is 1. The highest BCUT2D eigenvalue weighted by Crippen LogP contribution is 2.40. The second-order valence-corrected chi connectivity index (χ2v) is 7.69. The summed E-state index contributed by atoms with van der Waals surface area (Å²) in [5.74, 6) is 0.772. The quantitative estimate of drug-likeness (QED) is 0.915. The van der Waals surface area contributed by atoms with E-state index < -0.39 is 5.97 Å². The van der Waals surface area contributed by atoms with Crippen LogP contribution in [0.25, 0.3) is 10.2 Å². The summed E-state index contributed by atoms with van der Waals surface area (Å²) in [5.41, 5.74) is 1.42. The molecule has 0 amide bonds. The van der Waals surface area contributed by atoms with Gasteiger partial charge in [0.2, 0.25) is 0 Å². The third-order valence-electron chi connectivity index (χ3n) is 4.98. The number of fused-ring (bicyclic) bond motifs is 3. The maximum absolute atomic E-state index is 11.4. The van der Waals surface area contributed by atoms with Gasteiger partial charge in [0.15, 0.2) is 0 Å². The summed E-state index contributed by atoms with van der Waals surface area (Å²) in [7, 11) is 0. The second kappa shape index (κ2) is 5.74. The first-order valence-electron chi connectivity index (χ1n) is 8.40. The van der Waals surface area contributed by atoms with Gasteiger partial charge in [-0.1, -0.05) is 0 Å². The Bertz CT molecular complexity index is 771. The summed E-state index contributed by atoms with van der Waals surface area (Å²) in [4.78, 5) is 25.5. The minimum absolute atomic E-state index is 0.288. The average molecular weight is 331 g/mol. The number of hydrogen-bond donors (Lipinski definition) is 1. The fraction of sp³-hybridized carbons (Fsp3) is 0.588. The van der Waals surface area contributed by atoms with Crippen molar-refractivity contribution in [3.8, 4) is 0 Å². The van der Waals surface area contributed by atoms with Gasteiger partial charge >= 0.3 is 5.97 Å².